The minimum atomic E-state index is -3.32. The molecule has 0 saturated carbocycles. The zero-order valence-corrected chi connectivity index (χ0v) is 20.5. The topological polar surface area (TPSA) is 92.5 Å². The predicted molar refractivity (Wildman–Crippen MR) is 133 cm³/mol. The first-order chi connectivity index (χ1) is 15.9. The Hall–Kier alpha value is -2.36. The number of benzene rings is 2. The van der Waals surface area contributed by atoms with Crippen LogP contribution in [0.3, 0.4) is 0 Å². The van der Waals surface area contributed by atoms with Crippen LogP contribution in [0, 0.1) is 0 Å². The summed E-state index contributed by atoms with van der Waals surface area (Å²) >= 11 is 1.47. The Bertz CT molecular complexity index is 1150. The van der Waals surface area contributed by atoms with E-state index in [-0.39, 0.29) is 12.3 Å². The van der Waals surface area contributed by atoms with Gasteiger partial charge in [-0.15, -0.1) is 0 Å². The molecule has 3 aromatic rings. The van der Waals surface area contributed by atoms with E-state index in [1.807, 2.05) is 61.5 Å². The predicted octanol–water partition coefficient (Wildman–Crippen LogP) is 4.28. The number of nitrogens with zero attached hydrogens (tertiary/aromatic N) is 3. The number of rotatable bonds is 14. The number of sulfonamides is 1. The van der Waals surface area contributed by atoms with Crippen molar-refractivity contribution in [2.75, 3.05) is 24.6 Å². The molecule has 0 spiro atoms. The molecule has 0 aliphatic heterocycles. The summed E-state index contributed by atoms with van der Waals surface area (Å²) in [7, 11) is -3.32. The van der Waals surface area contributed by atoms with Crippen molar-refractivity contribution in [2.24, 2.45) is 0 Å². The van der Waals surface area contributed by atoms with Crippen molar-refractivity contribution in [1.82, 2.24) is 13.9 Å². The van der Waals surface area contributed by atoms with Crippen LogP contribution in [0.15, 0.2) is 59.8 Å². The summed E-state index contributed by atoms with van der Waals surface area (Å²) in [4.78, 5) is 15.9. The fourth-order valence-corrected chi connectivity index (χ4v) is 6.23. The number of hydrogen-bond acceptors (Lipinski definition) is 5. The number of carbonyl (C=O) groups is 1. The van der Waals surface area contributed by atoms with Gasteiger partial charge in [0.15, 0.2) is 5.16 Å². The summed E-state index contributed by atoms with van der Waals surface area (Å²) in [6, 6.07) is 17.4. The van der Waals surface area contributed by atoms with E-state index in [2.05, 4.69) is 4.98 Å². The third-order valence-corrected chi connectivity index (χ3v) is 8.36. The third-order valence-electron chi connectivity index (χ3n) is 5.34. The molecule has 0 atom stereocenters. The molecular formula is C24H31N3O4S2. The number of carboxylic acids is 1. The lowest BCUT2D eigenvalue weighted by Gasteiger charge is -2.22. The maximum absolute atomic E-state index is 12.9. The van der Waals surface area contributed by atoms with Crippen LogP contribution < -0.4 is 0 Å². The van der Waals surface area contributed by atoms with E-state index in [9.17, 15) is 18.3 Å². The van der Waals surface area contributed by atoms with Crippen LogP contribution in [0.5, 0.6) is 0 Å². The summed E-state index contributed by atoms with van der Waals surface area (Å²) < 4.78 is 29.1. The van der Waals surface area contributed by atoms with Gasteiger partial charge in [-0.25, -0.2) is 17.7 Å². The van der Waals surface area contributed by atoms with Crippen LogP contribution in [0.2, 0.25) is 0 Å². The van der Waals surface area contributed by atoms with E-state index in [0.717, 1.165) is 23.0 Å². The first kappa shape index (κ1) is 25.3. The standard InChI is InChI=1S/C24H31N3O4S2/c1-2-3-18-33(30,31)26(16-14-20-10-5-4-6-11-20)15-9-17-32-24-25-21-12-7-8-13-22(21)27(24)19-23(28)29/h4-8,10-13H,2-3,9,14-19H2,1H3,(H,28,29). The zero-order valence-electron chi connectivity index (χ0n) is 18.9. The average molecular weight is 490 g/mol. The number of aromatic nitrogens is 2. The number of para-hydroxylation sites is 2. The number of hydrogen-bond donors (Lipinski definition) is 1. The van der Waals surface area contributed by atoms with E-state index in [1.54, 1.807) is 8.87 Å². The lowest BCUT2D eigenvalue weighted by molar-refractivity contribution is -0.137. The summed E-state index contributed by atoms with van der Waals surface area (Å²) in [5, 5.41) is 9.94. The minimum Gasteiger partial charge on any atom is -0.480 e. The third kappa shape index (κ3) is 7.31. The van der Waals surface area contributed by atoms with Crippen molar-refractivity contribution < 1.29 is 18.3 Å². The Morgan fingerprint density at radius 2 is 1.79 bits per heavy atom. The van der Waals surface area contributed by atoms with Crippen LogP contribution in [0.4, 0.5) is 0 Å². The van der Waals surface area contributed by atoms with Gasteiger partial charge in [0.1, 0.15) is 6.54 Å². The molecule has 0 bridgehead atoms. The summed E-state index contributed by atoms with van der Waals surface area (Å²) in [6.45, 7) is 2.73. The van der Waals surface area contributed by atoms with Gasteiger partial charge in [0.25, 0.3) is 0 Å². The second-order valence-electron chi connectivity index (χ2n) is 7.87. The molecule has 0 amide bonds. The molecule has 0 saturated heterocycles. The van der Waals surface area contributed by atoms with Gasteiger partial charge in [0, 0.05) is 18.8 Å². The molecule has 1 N–H and O–H groups in total. The number of carboxylic acid groups (broad SMARTS) is 1. The fraction of sp³-hybridized carbons (Fsp3) is 0.417. The lowest BCUT2D eigenvalue weighted by Crippen LogP contribution is -2.36. The van der Waals surface area contributed by atoms with Gasteiger partial charge in [0.05, 0.1) is 16.8 Å². The molecule has 0 aliphatic rings. The number of thioether (sulfide) groups is 1. The summed E-state index contributed by atoms with van der Waals surface area (Å²) in [5.41, 5.74) is 2.66. The van der Waals surface area contributed by atoms with Crippen molar-refractivity contribution in [3.8, 4) is 0 Å². The Labute approximate surface area is 199 Å². The Morgan fingerprint density at radius 1 is 1.06 bits per heavy atom. The normalized spacial score (nSPS) is 11.9. The largest absolute Gasteiger partial charge is 0.480 e. The molecule has 2 aromatic carbocycles. The maximum atomic E-state index is 12.9. The molecule has 1 heterocycles. The van der Waals surface area contributed by atoms with Crippen LogP contribution in [0.1, 0.15) is 31.7 Å². The van der Waals surface area contributed by atoms with Gasteiger partial charge < -0.3 is 9.67 Å². The Kier molecular flexibility index (Phi) is 9.34. The van der Waals surface area contributed by atoms with E-state index in [4.69, 9.17) is 0 Å². The Morgan fingerprint density at radius 3 is 2.52 bits per heavy atom. The molecule has 33 heavy (non-hydrogen) atoms. The van der Waals surface area contributed by atoms with Gasteiger partial charge in [0.2, 0.25) is 10.0 Å². The first-order valence-electron chi connectivity index (χ1n) is 11.2. The van der Waals surface area contributed by atoms with E-state index >= 15 is 0 Å². The van der Waals surface area contributed by atoms with Gasteiger partial charge in [-0.05, 0) is 37.0 Å². The number of imidazole rings is 1. The zero-order chi connectivity index (χ0) is 23.7. The van der Waals surface area contributed by atoms with Gasteiger partial charge in [-0.3, -0.25) is 4.79 Å². The SMILES string of the molecule is CCCCS(=O)(=O)N(CCCSc1nc2ccccc2n1CC(=O)O)CCc1ccccc1. The van der Waals surface area contributed by atoms with Gasteiger partial charge >= 0.3 is 5.97 Å². The highest BCUT2D eigenvalue weighted by atomic mass is 32.2. The molecule has 0 unspecified atom stereocenters. The number of aliphatic carboxylic acids is 1. The minimum absolute atomic E-state index is 0.155. The lowest BCUT2D eigenvalue weighted by atomic mass is 10.1. The van der Waals surface area contributed by atoms with Crippen LogP contribution >= 0.6 is 11.8 Å². The molecule has 1 aromatic heterocycles. The molecule has 0 fully saturated rings. The van der Waals surface area contributed by atoms with E-state index < -0.39 is 16.0 Å². The fourth-order valence-electron chi connectivity index (χ4n) is 3.60. The highest BCUT2D eigenvalue weighted by Crippen LogP contribution is 2.25. The molecule has 9 heteroatoms. The molecular weight excluding hydrogens is 458 g/mol. The highest BCUT2D eigenvalue weighted by molar-refractivity contribution is 7.99. The highest BCUT2D eigenvalue weighted by Gasteiger charge is 2.21. The monoisotopic (exact) mass is 489 g/mol. The van der Waals surface area contributed by atoms with Crippen molar-refractivity contribution in [3.63, 3.8) is 0 Å². The van der Waals surface area contributed by atoms with E-state index in [1.165, 1.54) is 11.8 Å². The first-order valence-corrected chi connectivity index (χ1v) is 13.8. The Balaban J connectivity index is 1.64. The maximum Gasteiger partial charge on any atom is 0.323 e. The molecule has 7 nitrogen and oxygen atoms in total. The van der Waals surface area contributed by atoms with Crippen molar-refractivity contribution >= 4 is 38.8 Å². The second kappa shape index (κ2) is 12.2. The second-order valence-corrected chi connectivity index (χ2v) is 11.0. The van der Waals surface area contributed by atoms with Crippen LogP contribution in [-0.4, -0.2) is 57.9 Å². The molecule has 0 aliphatic carbocycles. The van der Waals surface area contributed by atoms with Gasteiger partial charge in [-0.1, -0.05) is 67.6 Å². The number of unbranched alkanes of at least 4 members (excludes halogenated alkanes) is 1. The van der Waals surface area contributed by atoms with Crippen molar-refractivity contribution in [3.05, 3.63) is 60.2 Å². The quantitative estimate of drug-likeness (QED) is 0.268. The summed E-state index contributed by atoms with van der Waals surface area (Å²) in [5.74, 6) is -0.109. The number of fused-ring (bicyclic) bond motifs is 1. The smallest absolute Gasteiger partial charge is 0.323 e. The summed E-state index contributed by atoms with van der Waals surface area (Å²) in [6.07, 6.45) is 2.81. The van der Waals surface area contributed by atoms with Crippen LogP contribution in [-0.2, 0) is 27.8 Å². The van der Waals surface area contributed by atoms with Crippen LogP contribution in [0.25, 0.3) is 11.0 Å². The van der Waals surface area contributed by atoms with Gasteiger partial charge in [-0.2, -0.15) is 0 Å². The molecule has 178 valence electrons. The van der Waals surface area contributed by atoms with E-state index in [0.29, 0.717) is 43.3 Å². The molecule has 3 rings (SSSR count). The molecule has 0 radical (unpaired) electrons. The van der Waals surface area contributed by atoms with Crippen molar-refractivity contribution in [1.29, 1.82) is 0 Å². The average Bonchev–Trinajstić information content (AvgIpc) is 3.14. The van der Waals surface area contributed by atoms with Crippen molar-refractivity contribution in [2.45, 2.75) is 44.3 Å².